The molecule has 0 saturated heterocycles. The zero-order valence-corrected chi connectivity index (χ0v) is 12.1. The van der Waals surface area contributed by atoms with Crippen LogP contribution >= 0.6 is 0 Å². The van der Waals surface area contributed by atoms with Crippen LogP contribution in [0.25, 0.3) is 22.4 Å². The molecule has 5 rings (SSSR count). The second-order valence-electron chi connectivity index (χ2n) is 6.05. The van der Waals surface area contributed by atoms with Crippen LogP contribution in [0, 0.1) is 0 Å². The summed E-state index contributed by atoms with van der Waals surface area (Å²) < 4.78 is 0. The highest BCUT2D eigenvalue weighted by atomic mass is 14.4. The van der Waals surface area contributed by atoms with Crippen LogP contribution < -0.4 is 0 Å². The van der Waals surface area contributed by atoms with Crippen molar-refractivity contribution in [1.82, 2.24) is 0 Å². The topological polar surface area (TPSA) is 0 Å². The molecule has 0 aliphatic heterocycles. The van der Waals surface area contributed by atoms with Gasteiger partial charge in [-0.15, -0.1) is 0 Å². The van der Waals surface area contributed by atoms with Gasteiger partial charge >= 0.3 is 0 Å². The highest BCUT2D eigenvalue weighted by Crippen LogP contribution is 2.52. The predicted molar refractivity (Wildman–Crippen MR) is 90.2 cm³/mol. The van der Waals surface area contributed by atoms with E-state index >= 15 is 0 Å². The summed E-state index contributed by atoms with van der Waals surface area (Å²) in [5, 5.41) is 2.85. The maximum absolute atomic E-state index is 2.32. The molecule has 0 aromatic heterocycles. The van der Waals surface area contributed by atoms with E-state index < -0.39 is 0 Å². The van der Waals surface area contributed by atoms with E-state index in [1.165, 1.54) is 44.2 Å². The van der Waals surface area contributed by atoms with Crippen LogP contribution in [-0.4, -0.2) is 0 Å². The van der Waals surface area contributed by atoms with Crippen molar-refractivity contribution >= 4 is 22.4 Å². The lowest BCUT2D eigenvalue weighted by molar-refractivity contribution is 0.947. The normalized spacial score (nSPS) is 21.0. The van der Waals surface area contributed by atoms with Crippen molar-refractivity contribution in [2.24, 2.45) is 0 Å². The molecule has 1 atom stereocenters. The average Bonchev–Trinajstić information content (AvgIpc) is 2.55. The third-order valence-electron chi connectivity index (χ3n) is 5.10. The smallest absolute Gasteiger partial charge is 0.0355 e. The number of benzene rings is 2. The third-order valence-corrected chi connectivity index (χ3v) is 5.10. The minimum absolute atomic E-state index is 0.448. The van der Waals surface area contributed by atoms with Crippen LogP contribution in [0.4, 0.5) is 0 Å². The van der Waals surface area contributed by atoms with E-state index in [4.69, 9.17) is 0 Å². The Hall–Kier alpha value is -2.34. The largest absolute Gasteiger partial charge is 0.0616 e. The first kappa shape index (κ1) is 11.3. The maximum Gasteiger partial charge on any atom is 0.0355 e. The summed E-state index contributed by atoms with van der Waals surface area (Å²) in [7, 11) is 0. The second kappa shape index (κ2) is 3.85. The molecule has 3 aliphatic carbocycles. The summed E-state index contributed by atoms with van der Waals surface area (Å²) in [5.41, 5.74) is 8.82. The van der Waals surface area contributed by atoms with Gasteiger partial charge in [-0.05, 0) is 50.6 Å². The summed E-state index contributed by atoms with van der Waals surface area (Å²) in [4.78, 5) is 0. The van der Waals surface area contributed by atoms with Crippen molar-refractivity contribution < 1.29 is 0 Å². The van der Waals surface area contributed by atoms with Crippen molar-refractivity contribution in [2.75, 3.05) is 0 Å². The molecule has 0 spiro atoms. The number of allylic oxidation sites excluding steroid dienone is 7. The molecule has 0 bridgehead atoms. The lowest BCUT2D eigenvalue weighted by Crippen LogP contribution is -2.17. The van der Waals surface area contributed by atoms with Crippen molar-refractivity contribution in [3.8, 4) is 0 Å². The first-order valence-corrected chi connectivity index (χ1v) is 7.74. The van der Waals surface area contributed by atoms with Crippen molar-refractivity contribution in [3.63, 3.8) is 0 Å². The van der Waals surface area contributed by atoms with Crippen molar-refractivity contribution in [2.45, 2.75) is 19.3 Å². The Balaban J connectivity index is 2.04. The molecule has 0 nitrogen and oxygen atoms in total. The molecule has 0 fully saturated rings. The second-order valence-corrected chi connectivity index (χ2v) is 6.05. The molecule has 0 heterocycles. The SMILES string of the molecule is CCC1=C2C=CC=C3C=Cc4ccc5cccc1c5c4C32. The van der Waals surface area contributed by atoms with Crippen LogP contribution in [0.1, 0.15) is 36.0 Å². The van der Waals surface area contributed by atoms with Crippen molar-refractivity contribution in [3.05, 3.63) is 82.5 Å². The maximum atomic E-state index is 2.32. The van der Waals surface area contributed by atoms with Gasteiger partial charge in [0.2, 0.25) is 0 Å². The first-order chi connectivity index (χ1) is 10.4. The summed E-state index contributed by atoms with van der Waals surface area (Å²) in [6.45, 7) is 2.28. The number of rotatable bonds is 1. The Morgan fingerprint density at radius 3 is 2.86 bits per heavy atom. The van der Waals surface area contributed by atoms with Crippen LogP contribution in [0.3, 0.4) is 0 Å². The predicted octanol–water partition coefficient (Wildman–Crippen LogP) is 5.62. The van der Waals surface area contributed by atoms with Gasteiger partial charge in [-0.25, -0.2) is 0 Å². The Morgan fingerprint density at radius 2 is 1.95 bits per heavy atom. The van der Waals surface area contributed by atoms with E-state index in [1.54, 1.807) is 0 Å². The van der Waals surface area contributed by atoms with Gasteiger partial charge in [-0.1, -0.05) is 67.6 Å². The quantitative estimate of drug-likeness (QED) is 0.629. The number of hydrogen-bond donors (Lipinski definition) is 0. The Labute approximate surface area is 124 Å². The molecule has 21 heavy (non-hydrogen) atoms. The van der Waals surface area contributed by atoms with Gasteiger partial charge in [0.25, 0.3) is 0 Å². The fourth-order valence-corrected chi connectivity index (χ4v) is 4.25. The minimum atomic E-state index is 0.448. The lowest BCUT2D eigenvalue weighted by Gasteiger charge is -2.35. The number of hydrogen-bond acceptors (Lipinski definition) is 0. The van der Waals surface area contributed by atoms with Gasteiger partial charge < -0.3 is 0 Å². The molecule has 0 amide bonds. The summed E-state index contributed by atoms with van der Waals surface area (Å²) in [5.74, 6) is 0.448. The zero-order chi connectivity index (χ0) is 14.0. The molecule has 0 radical (unpaired) electrons. The fourth-order valence-electron chi connectivity index (χ4n) is 4.25. The van der Waals surface area contributed by atoms with E-state index in [1.807, 2.05) is 0 Å². The van der Waals surface area contributed by atoms with Crippen LogP contribution in [-0.2, 0) is 0 Å². The van der Waals surface area contributed by atoms with E-state index in [0.29, 0.717) is 5.92 Å². The van der Waals surface area contributed by atoms with Crippen LogP contribution in [0.15, 0.2) is 65.8 Å². The Morgan fingerprint density at radius 1 is 1.00 bits per heavy atom. The molecule has 3 aliphatic rings. The van der Waals surface area contributed by atoms with E-state index in [2.05, 4.69) is 67.6 Å². The highest BCUT2D eigenvalue weighted by Gasteiger charge is 2.33. The van der Waals surface area contributed by atoms with E-state index in [9.17, 15) is 0 Å². The highest BCUT2D eigenvalue weighted by molar-refractivity contribution is 6.03. The molecule has 1 unspecified atom stereocenters. The van der Waals surface area contributed by atoms with E-state index in [-0.39, 0.29) is 0 Å². The van der Waals surface area contributed by atoms with Crippen LogP contribution in [0.5, 0.6) is 0 Å². The van der Waals surface area contributed by atoms with Gasteiger partial charge in [0.05, 0.1) is 0 Å². The van der Waals surface area contributed by atoms with Gasteiger partial charge in [-0.2, -0.15) is 0 Å². The summed E-state index contributed by atoms with van der Waals surface area (Å²) in [6.07, 6.45) is 12.5. The average molecular weight is 268 g/mol. The molecule has 0 heteroatoms. The van der Waals surface area contributed by atoms with Gasteiger partial charge in [0.15, 0.2) is 0 Å². The molecule has 100 valence electrons. The molecule has 0 N–H and O–H groups in total. The fraction of sp³-hybridized carbons (Fsp3) is 0.143. The zero-order valence-electron chi connectivity index (χ0n) is 12.1. The molecule has 2 aromatic rings. The minimum Gasteiger partial charge on any atom is -0.0616 e. The molecular formula is C21H16. The van der Waals surface area contributed by atoms with E-state index in [0.717, 1.165) is 6.42 Å². The van der Waals surface area contributed by atoms with Gasteiger partial charge in [0, 0.05) is 5.92 Å². The monoisotopic (exact) mass is 268 g/mol. The molecule has 2 aromatic carbocycles. The van der Waals surface area contributed by atoms with Gasteiger partial charge in [0.1, 0.15) is 0 Å². The molecule has 0 saturated carbocycles. The standard InChI is InChI=1S/C21H16/c1-2-16-17-7-3-5-13-9-11-15-12-10-14-6-4-8-18(16)20(14)21(15)19(13)17/h3-12,19H,2H2,1H3. The lowest BCUT2D eigenvalue weighted by atomic mass is 9.68. The Bertz CT molecular complexity index is 916. The molecular weight excluding hydrogens is 252 g/mol. The summed E-state index contributed by atoms with van der Waals surface area (Å²) in [6, 6.07) is 11.3. The first-order valence-electron chi connectivity index (χ1n) is 7.74. The van der Waals surface area contributed by atoms with Gasteiger partial charge in [-0.3, -0.25) is 0 Å². The third kappa shape index (κ3) is 1.30. The Kier molecular flexibility index (Phi) is 2.08. The van der Waals surface area contributed by atoms with Crippen LogP contribution in [0.2, 0.25) is 0 Å². The summed E-state index contributed by atoms with van der Waals surface area (Å²) >= 11 is 0. The van der Waals surface area contributed by atoms with Crippen molar-refractivity contribution in [1.29, 1.82) is 0 Å².